The van der Waals surface area contributed by atoms with E-state index in [1.165, 1.54) is 0 Å². The monoisotopic (exact) mass is 317 g/mol. The van der Waals surface area contributed by atoms with Crippen molar-refractivity contribution in [3.63, 3.8) is 0 Å². The van der Waals surface area contributed by atoms with E-state index >= 15 is 0 Å². The molecule has 0 aromatic heterocycles. The Hall–Kier alpha value is -1.45. The van der Waals surface area contributed by atoms with Gasteiger partial charge in [0.2, 0.25) is 5.38 Å². The van der Waals surface area contributed by atoms with Crippen LogP contribution < -0.4 is 0 Å². The molecular formula is C6H2Cl3N3O6. The van der Waals surface area contributed by atoms with Gasteiger partial charge in [0.05, 0.1) is 20.8 Å². The first kappa shape index (κ1) is 14.6. The predicted octanol–water partition coefficient (Wildman–Crippen LogP) is 1.71. The maximum absolute atomic E-state index is 10.8. The first-order valence-corrected chi connectivity index (χ1v) is 5.21. The summed E-state index contributed by atoms with van der Waals surface area (Å²) in [5, 5.41) is 29.2. The Morgan fingerprint density at radius 2 is 1.67 bits per heavy atom. The lowest BCUT2D eigenvalue weighted by molar-refractivity contribution is -0.538. The Morgan fingerprint density at radius 1 is 1.17 bits per heavy atom. The van der Waals surface area contributed by atoms with Gasteiger partial charge in [-0.05, 0) is 11.6 Å². The SMILES string of the molecule is O=[N+]([O-])C1=CC([N+](=O)[O-])=C(Cl)C(Cl)([N+](=O)[O-])C1Cl. The zero-order chi connectivity index (χ0) is 14.2. The molecule has 2 atom stereocenters. The van der Waals surface area contributed by atoms with Crippen LogP contribution in [0.15, 0.2) is 22.5 Å². The summed E-state index contributed by atoms with van der Waals surface area (Å²) in [7, 11) is 0. The molecule has 12 heteroatoms. The van der Waals surface area contributed by atoms with E-state index in [0.29, 0.717) is 6.08 Å². The van der Waals surface area contributed by atoms with Gasteiger partial charge in [0.15, 0.2) is 5.03 Å². The summed E-state index contributed by atoms with van der Waals surface area (Å²) in [6, 6.07) is 0. The summed E-state index contributed by atoms with van der Waals surface area (Å²) < 4.78 is 0. The van der Waals surface area contributed by atoms with Gasteiger partial charge in [0, 0.05) is 0 Å². The Labute approximate surface area is 113 Å². The van der Waals surface area contributed by atoms with E-state index in [1.54, 1.807) is 0 Å². The van der Waals surface area contributed by atoms with Crippen molar-refractivity contribution in [2.45, 2.75) is 10.4 Å². The molecule has 0 N–H and O–H groups in total. The van der Waals surface area contributed by atoms with Crippen LogP contribution in [0.25, 0.3) is 0 Å². The zero-order valence-corrected chi connectivity index (χ0v) is 10.3. The van der Waals surface area contributed by atoms with Gasteiger partial charge in [-0.2, -0.15) is 0 Å². The fourth-order valence-corrected chi connectivity index (χ4v) is 2.11. The smallest absolute Gasteiger partial charge is 0.262 e. The molecule has 98 valence electrons. The normalized spacial score (nSPS) is 27.7. The number of hydrogen-bond acceptors (Lipinski definition) is 6. The highest BCUT2D eigenvalue weighted by Crippen LogP contribution is 2.44. The summed E-state index contributed by atoms with van der Waals surface area (Å²) in [4.78, 5) is 25.8. The third kappa shape index (κ3) is 2.00. The minimum absolute atomic E-state index is 0.449. The summed E-state index contributed by atoms with van der Waals surface area (Å²) >= 11 is 16.5. The molecule has 0 amide bonds. The molecule has 0 bridgehead atoms. The highest BCUT2D eigenvalue weighted by Gasteiger charge is 2.62. The maximum atomic E-state index is 10.8. The highest BCUT2D eigenvalue weighted by atomic mass is 35.5. The standard InChI is InChI=1S/C6H2Cl3N3O6/c7-4-2(10(13)14)1-3(11(15)16)5(8)6(4,9)12(17)18/h1,4H. The van der Waals surface area contributed by atoms with Crippen LogP contribution in [0.5, 0.6) is 0 Å². The number of rotatable bonds is 3. The minimum Gasteiger partial charge on any atom is -0.262 e. The quantitative estimate of drug-likeness (QED) is 0.337. The summed E-state index contributed by atoms with van der Waals surface area (Å²) in [5.74, 6) is 0. The number of alkyl halides is 2. The van der Waals surface area contributed by atoms with Gasteiger partial charge in [-0.3, -0.25) is 30.3 Å². The summed E-state index contributed by atoms with van der Waals surface area (Å²) in [6.07, 6.45) is 0.449. The Balaban J connectivity index is 3.59. The molecular weight excluding hydrogens is 316 g/mol. The first-order valence-electron chi connectivity index (χ1n) is 4.02. The van der Waals surface area contributed by atoms with Gasteiger partial charge in [-0.25, -0.2) is 0 Å². The van der Waals surface area contributed by atoms with Crippen molar-refractivity contribution in [3.8, 4) is 0 Å². The lowest BCUT2D eigenvalue weighted by Crippen LogP contribution is -2.47. The third-order valence-corrected chi connectivity index (χ3v) is 3.86. The van der Waals surface area contributed by atoms with Crippen LogP contribution in [0.2, 0.25) is 0 Å². The van der Waals surface area contributed by atoms with E-state index in [0.717, 1.165) is 0 Å². The van der Waals surface area contributed by atoms with Crippen molar-refractivity contribution in [2.75, 3.05) is 0 Å². The van der Waals surface area contributed by atoms with Crippen molar-refractivity contribution in [3.05, 3.63) is 52.8 Å². The van der Waals surface area contributed by atoms with Crippen LogP contribution >= 0.6 is 34.8 Å². The van der Waals surface area contributed by atoms with Gasteiger partial charge in [-0.15, -0.1) is 11.6 Å². The van der Waals surface area contributed by atoms with E-state index in [4.69, 9.17) is 34.8 Å². The predicted molar refractivity (Wildman–Crippen MR) is 60.2 cm³/mol. The second-order valence-corrected chi connectivity index (χ2v) is 4.47. The molecule has 0 saturated heterocycles. The lowest BCUT2D eigenvalue weighted by atomic mass is 10.0. The van der Waals surface area contributed by atoms with Crippen LogP contribution in [0.4, 0.5) is 0 Å². The van der Waals surface area contributed by atoms with E-state index < -0.39 is 41.6 Å². The molecule has 18 heavy (non-hydrogen) atoms. The molecule has 2 unspecified atom stereocenters. The van der Waals surface area contributed by atoms with Crippen LogP contribution in [-0.2, 0) is 0 Å². The number of hydrogen-bond donors (Lipinski definition) is 0. The number of allylic oxidation sites excluding steroid dienone is 1. The van der Waals surface area contributed by atoms with Gasteiger partial charge >= 0.3 is 5.00 Å². The molecule has 1 rings (SSSR count). The molecule has 0 heterocycles. The van der Waals surface area contributed by atoms with E-state index in [1.807, 2.05) is 0 Å². The molecule has 0 fully saturated rings. The maximum Gasteiger partial charge on any atom is 0.363 e. The van der Waals surface area contributed by atoms with Crippen molar-refractivity contribution in [1.29, 1.82) is 0 Å². The minimum atomic E-state index is -2.84. The number of halogens is 3. The largest absolute Gasteiger partial charge is 0.363 e. The molecule has 0 saturated carbocycles. The Morgan fingerprint density at radius 3 is 2.00 bits per heavy atom. The second kappa shape index (κ2) is 4.67. The van der Waals surface area contributed by atoms with Gasteiger partial charge < -0.3 is 0 Å². The Bertz CT molecular complexity index is 517. The van der Waals surface area contributed by atoms with Crippen LogP contribution in [0.1, 0.15) is 0 Å². The fourth-order valence-electron chi connectivity index (χ4n) is 1.21. The van der Waals surface area contributed by atoms with Crippen molar-refractivity contribution in [2.24, 2.45) is 0 Å². The van der Waals surface area contributed by atoms with Crippen molar-refractivity contribution >= 4 is 34.8 Å². The van der Waals surface area contributed by atoms with Crippen LogP contribution in [0.3, 0.4) is 0 Å². The molecule has 0 aromatic carbocycles. The number of nitrogens with zero attached hydrogens (tertiary/aromatic N) is 3. The van der Waals surface area contributed by atoms with Crippen LogP contribution in [0, 0.1) is 30.3 Å². The van der Waals surface area contributed by atoms with Gasteiger partial charge in [0.1, 0.15) is 0 Å². The number of nitro groups is 3. The summed E-state index contributed by atoms with van der Waals surface area (Å²) in [6.45, 7) is 0. The molecule has 0 spiro atoms. The van der Waals surface area contributed by atoms with Crippen LogP contribution in [-0.4, -0.2) is 25.1 Å². The van der Waals surface area contributed by atoms with Crippen molar-refractivity contribution in [1.82, 2.24) is 0 Å². The topological polar surface area (TPSA) is 129 Å². The Kier molecular flexibility index (Phi) is 3.79. The van der Waals surface area contributed by atoms with Crippen molar-refractivity contribution < 1.29 is 14.8 Å². The third-order valence-electron chi connectivity index (χ3n) is 2.09. The van der Waals surface area contributed by atoms with E-state index in [-0.39, 0.29) is 0 Å². The molecule has 1 aliphatic rings. The van der Waals surface area contributed by atoms with Gasteiger partial charge in [-0.1, -0.05) is 11.6 Å². The lowest BCUT2D eigenvalue weighted by Gasteiger charge is -2.23. The molecule has 0 aliphatic heterocycles. The zero-order valence-electron chi connectivity index (χ0n) is 8.08. The van der Waals surface area contributed by atoms with E-state index in [2.05, 4.69) is 0 Å². The van der Waals surface area contributed by atoms with Gasteiger partial charge in [0.25, 0.3) is 11.4 Å². The highest BCUT2D eigenvalue weighted by molar-refractivity contribution is 6.43. The average molecular weight is 318 g/mol. The van der Waals surface area contributed by atoms with E-state index in [9.17, 15) is 30.3 Å². The molecule has 9 nitrogen and oxygen atoms in total. The second-order valence-electron chi connectivity index (χ2n) is 3.08. The molecule has 0 radical (unpaired) electrons. The molecule has 0 aromatic rings. The first-order chi connectivity index (χ1) is 8.13. The fraction of sp³-hybridized carbons (Fsp3) is 0.333. The molecule has 1 aliphatic carbocycles. The average Bonchev–Trinajstić information content (AvgIpc) is 2.24. The summed E-state index contributed by atoms with van der Waals surface area (Å²) in [5.41, 5.74) is -2.01.